The van der Waals surface area contributed by atoms with Gasteiger partial charge in [0.1, 0.15) is 17.3 Å². The summed E-state index contributed by atoms with van der Waals surface area (Å²) in [5, 5.41) is 0. The Balaban J connectivity index is 1.85. The smallest absolute Gasteiger partial charge is 0.226 e. The van der Waals surface area contributed by atoms with Gasteiger partial charge in [0.05, 0.1) is 32.2 Å². The maximum Gasteiger partial charge on any atom is 0.226 e. The summed E-state index contributed by atoms with van der Waals surface area (Å²) in [6, 6.07) is 7.74. The molecule has 0 bridgehead atoms. The van der Waals surface area contributed by atoms with Gasteiger partial charge in [0.15, 0.2) is 0 Å². The molecular weight excluding hydrogens is 340 g/mol. The quantitative estimate of drug-likeness (QED) is 0.578. The third-order valence-corrected chi connectivity index (χ3v) is 4.73. The molecule has 0 saturated carbocycles. The minimum absolute atomic E-state index is 0.503. The fraction of sp³-hybridized carbons (Fsp3) is 0.318. The summed E-state index contributed by atoms with van der Waals surface area (Å²) in [6.45, 7) is 7.73. The van der Waals surface area contributed by atoms with Crippen LogP contribution in [0.4, 0.5) is 0 Å². The van der Waals surface area contributed by atoms with Crippen molar-refractivity contribution in [1.29, 1.82) is 0 Å². The number of nitrogens with zero attached hydrogens (tertiary/aromatic N) is 2. The molecule has 5 heteroatoms. The van der Waals surface area contributed by atoms with Crippen molar-refractivity contribution in [3.05, 3.63) is 58.9 Å². The Morgan fingerprint density at radius 2 is 1.96 bits per heavy atom. The Morgan fingerprint density at radius 1 is 1.15 bits per heavy atom. The number of ether oxygens (including phenoxy) is 1. The van der Waals surface area contributed by atoms with Crippen molar-refractivity contribution in [1.82, 2.24) is 9.88 Å². The van der Waals surface area contributed by atoms with E-state index < -0.39 is 0 Å². The fourth-order valence-electron chi connectivity index (χ4n) is 3.07. The van der Waals surface area contributed by atoms with Crippen molar-refractivity contribution in [3.63, 3.8) is 0 Å². The number of aromatic nitrogens is 1. The average Bonchev–Trinajstić information content (AvgIpc) is 3.28. The van der Waals surface area contributed by atoms with E-state index in [0.717, 1.165) is 39.7 Å². The van der Waals surface area contributed by atoms with Crippen molar-refractivity contribution >= 4 is 0 Å². The van der Waals surface area contributed by atoms with Crippen LogP contribution in [0.5, 0.6) is 5.75 Å². The van der Waals surface area contributed by atoms with Crippen LogP contribution in [0.1, 0.15) is 28.3 Å². The lowest BCUT2D eigenvalue weighted by Gasteiger charge is -2.17. The second-order valence-electron chi connectivity index (χ2n) is 6.52. The molecule has 0 spiro atoms. The van der Waals surface area contributed by atoms with Crippen LogP contribution in [0.15, 0.2) is 39.4 Å². The standard InChI is InChI=1S/C22H24N2O3/c1-6-11-24(13-18-8-7-12-26-18)14-20-17(4)27-22(23-20)19-9-10-21(25-5)16(3)15(19)2/h1,7-10,12H,11,13-14H2,2-5H3. The second-order valence-corrected chi connectivity index (χ2v) is 6.52. The van der Waals surface area contributed by atoms with Gasteiger partial charge in [0.25, 0.3) is 0 Å². The molecule has 27 heavy (non-hydrogen) atoms. The number of benzene rings is 1. The van der Waals surface area contributed by atoms with E-state index in [2.05, 4.69) is 10.8 Å². The molecule has 5 nitrogen and oxygen atoms in total. The van der Waals surface area contributed by atoms with E-state index in [4.69, 9.17) is 25.0 Å². The predicted molar refractivity (Wildman–Crippen MR) is 104 cm³/mol. The lowest BCUT2D eigenvalue weighted by atomic mass is 10.0. The number of furan rings is 1. The van der Waals surface area contributed by atoms with E-state index in [1.54, 1.807) is 13.4 Å². The number of hydrogen-bond acceptors (Lipinski definition) is 5. The van der Waals surface area contributed by atoms with Gasteiger partial charge >= 0.3 is 0 Å². The zero-order valence-electron chi connectivity index (χ0n) is 16.2. The molecule has 0 aliphatic rings. The molecule has 0 atom stereocenters. The Kier molecular flexibility index (Phi) is 5.68. The topological polar surface area (TPSA) is 51.6 Å². The van der Waals surface area contributed by atoms with Gasteiger partial charge in [-0.2, -0.15) is 0 Å². The van der Waals surface area contributed by atoms with Gasteiger partial charge < -0.3 is 13.6 Å². The van der Waals surface area contributed by atoms with Gasteiger partial charge in [-0.3, -0.25) is 4.90 Å². The molecule has 0 aliphatic heterocycles. The van der Waals surface area contributed by atoms with Crippen molar-refractivity contribution in [2.45, 2.75) is 33.9 Å². The number of methoxy groups -OCH3 is 1. The fourth-order valence-corrected chi connectivity index (χ4v) is 3.07. The first-order valence-corrected chi connectivity index (χ1v) is 8.82. The number of hydrogen-bond donors (Lipinski definition) is 0. The molecule has 0 saturated heterocycles. The summed E-state index contributed by atoms with van der Waals surface area (Å²) < 4.78 is 16.8. The van der Waals surface area contributed by atoms with Gasteiger partial charge in [-0.25, -0.2) is 4.98 Å². The summed E-state index contributed by atoms with van der Waals surface area (Å²) >= 11 is 0. The zero-order chi connectivity index (χ0) is 19.4. The van der Waals surface area contributed by atoms with Crippen LogP contribution in [0.2, 0.25) is 0 Å². The molecule has 2 aromatic heterocycles. The van der Waals surface area contributed by atoms with Crippen molar-refractivity contribution in [2.24, 2.45) is 0 Å². The van der Waals surface area contributed by atoms with E-state index in [1.165, 1.54) is 0 Å². The van der Waals surface area contributed by atoms with Crippen LogP contribution in [-0.4, -0.2) is 23.5 Å². The highest BCUT2D eigenvalue weighted by molar-refractivity contribution is 5.63. The van der Waals surface area contributed by atoms with Crippen LogP contribution >= 0.6 is 0 Å². The summed E-state index contributed by atoms with van der Waals surface area (Å²) in [6.07, 6.45) is 7.20. The Bertz CT molecular complexity index is 949. The van der Waals surface area contributed by atoms with E-state index in [1.807, 2.05) is 45.0 Å². The molecule has 3 aromatic rings. The first kappa shape index (κ1) is 18.8. The number of terminal acetylenes is 1. The summed E-state index contributed by atoms with van der Waals surface area (Å²) in [5.74, 6) is 5.83. The van der Waals surface area contributed by atoms with Crippen molar-refractivity contribution in [2.75, 3.05) is 13.7 Å². The zero-order valence-corrected chi connectivity index (χ0v) is 16.2. The molecule has 140 valence electrons. The largest absolute Gasteiger partial charge is 0.496 e. The molecule has 3 rings (SSSR count). The molecular formula is C22H24N2O3. The van der Waals surface area contributed by atoms with Crippen LogP contribution in [-0.2, 0) is 13.1 Å². The van der Waals surface area contributed by atoms with E-state index in [-0.39, 0.29) is 0 Å². The van der Waals surface area contributed by atoms with Crippen molar-refractivity contribution in [3.8, 4) is 29.5 Å². The monoisotopic (exact) mass is 364 g/mol. The number of aryl methyl sites for hydroxylation is 1. The number of oxazole rings is 1. The van der Waals surface area contributed by atoms with E-state index in [0.29, 0.717) is 25.5 Å². The maximum atomic E-state index is 5.97. The second kappa shape index (κ2) is 8.15. The highest BCUT2D eigenvalue weighted by atomic mass is 16.5. The maximum absolute atomic E-state index is 5.97. The molecule has 0 radical (unpaired) electrons. The average molecular weight is 364 g/mol. The van der Waals surface area contributed by atoms with Gasteiger partial charge in [-0.15, -0.1) is 6.42 Å². The minimum atomic E-state index is 0.503. The Hall–Kier alpha value is -2.97. The highest BCUT2D eigenvalue weighted by Gasteiger charge is 2.18. The lowest BCUT2D eigenvalue weighted by Crippen LogP contribution is -2.23. The van der Waals surface area contributed by atoms with Crippen LogP contribution in [0.3, 0.4) is 0 Å². The molecule has 0 amide bonds. The van der Waals surface area contributed by atoms with Gasteiger partial charge in [-0.1, -0.05) is 5.92 Å². The van der Waals surface area contributed by atoms with Gasteiger partial charge in [0, 0.05) is 12.1 Å². The van der Waals surface area contributed by atoms with Crippen LogP contribution in [0.25, 0.3) is 11.5 Å². The third-order valence-electron chi connectivity index (χ3n) is 4.73. The van der Waals surface area contributed by atoms with Crippen LogP contribution in [0, 0.1) is 33.1 Å². The number of rotatable bonds is 7. The van der Waals surface area contributed by atoms with Gasteiger partial charge in [0.2, 0.25) is 5.89 Å². The third kappa shape index (κ3) is 4.07. The molecule has 0 unspecified atom stereocenters. The normalized spacial score (nSPS) is 11.0. The molecule has 0 aliphatic carbocycles. The molecule has 2 heterocycles. The van der Waals surface area contributed by atoms with E-state index in [9.17, 15) is 0 Å². The van der Waals surface area contributed by atoms with Crippen molar-refractivity contribution < 1.29 is 13.6 Å². The Labute approximate surface area is 160 Å². The lowest BCUT2D eigenvalue weighted by molar-refractivity contribution is 0.260. The minimum Gasteiger partial charge on any atom is -0.496 e. The highest BCUT2D eigenvalue weighted by Crippen LogP contribution is 2.31. The predicted octanol–water partition coefficient (Wildman–Crippen LogP) is 4.50. The summed E-state index contributed by atoms with van der Waals surface area (Å²) in [7, 11) is 1.67. The molecule has 1 aromatic carbocycles. The first-order valence-electron chi connectivity index (χ1n) is 8.82. The molecule has 0 fully saturated rings. The SMILES string of the molecule is C#CCN(Cc1ccco1)Cc1nc(-c2ccc(OC)c(C)c2C)oc1C. The first-order chi connectivity index (χ1) is 13.0. The van der Waals surface area contributed by atoms with Gasteiger partial charge in [-0.05, 0) is 56.2 Å². The molecule has 0 N–H and O–H groups in total. The van der Waals surface area contributed by atoms with E-state index >= 15 is 0 Å². The Morgan fingerprint density at radius 3 is 2.63 bits per heavy atom. The summed E-state index contributed by atoms with van der Waals surface area (Å²) in [5.41, 5.74) is 4.02. The van der Waals surface area contributed by atoms with Crippen LogP contribution < -0.4 is 4.74 Å². The summed E-state index contributed by atoms with van der Waals surface area (Å²) in [4.78, 5) is 6.84.